The van der Waals surface area contributed by atoms with Gasteiger partial charge in [0.05, 0.1) is 30.0 Å². The molecule has 0 amide bonds. The summed E-state index contributed by atoms with van der Waals surface area (Å²) in [7, 11) is 1.59. The van der Waals surface area contributed by atoms with Crippen molar-refractivity contribution in [3.63, 3.8) is 0 Å². The molecule has 90 valence electrons. The minimum Gasteiger partial charge on any atom is -0.398 e. The van der Waals surface area contributed by atoms with Crippen molar-refractivity contribution in [2.75, 3.05) is 31.4 Å². The number of benzene rings is 1. The zero-order chi connectivity index (χ0) is 12.1. The van der Waals surface area contributed by atoms with Crippen LogP contribution in [0.2, 0.25) is 5.02 Å². The number of hydrogen-bond donors (Lipinski definition) is 3. The number of halogens is 1. The molecule has 0 fully saturated rings. The Balaban J connectivity index is 2.83. The van der Waals surface area contributed by atoms with Gasteiger partial charge in [-0.1, -0.05) is 11.6 Å². The predicted molar refractivity (Wildman–Crippen MR) is 67.0 cm³/mol. The highest BCUT2D eigenvalue weighted by molar-refractivity contribution is 6.33. The third-order valence-electron chi connectivity index (χ3n) is 2.29. The van der Waals surface area contributed by atoms with Crippen LogP contribution in [0.5, 0.6) is 0 Å². The first-order valence-corrected chi connectivity index (χ1v) is 5.38. The van der Waals surface area contributed by atoms with Crippen molar-refractivity contribution in [3.05, 3.63) is 22.7 Å². The molecule has 1 aromatic carbocycles. The summed E-state index contributed by atoms with van der Waals surface area (Å²) in [6.07, 6.45) is 0. The predicted octanol–water partition coefficient (Wildman–Crippen LogP) is 1.65. The van der Waals surface area contributed by atoms with Crippen LogP contribution < -0.4 is 11.1 Å². The zero-order valence-electron chi connectivity index (χ0n) is 9.46. The highest BCUT2D eigenvalue weighted by atomic mass is 35.5. The first-order valence-electron chi connectivity index (χ1n) is 5.00. The van der Waals surface area contributed by atoms with Crippen molar-refractivity contribution >= 4 is 23.0 Å². The highest BCUT2D eigenvalue weighted by Gasteiger charge is 2.09. The Morgan fingerprint density at radius 1 is 1.56 bits per heavy atom. The van der Waals surface area contributed by atoms with Gasteiger partial charge in [-0.05, 0) is 24.6 Å². The van der Waals surface area contributed by atoms with E-state index in [1.165, 1.54) is 0 Å². The first kappa shape index (κ1) is 13.1. The maximum absolute atomic E-state index is 9.13. The number of nitrogens with two attached hydrogens (primary N) is 1. The number of ether oxygens (including phenoxy) is 1. The minimum atomic E-state index is -0.150. The molecule has 0 aliphatic carbocycles. The second-order valence-electron chi connectivity index (χ2n) is 3.67. The molecule has 1 atom stereocenters. The fourth-order valence-electron chi connectivity index (χ4n) is 1.42. The van der Waals surface area contributed by atoms with Crippen molar-refractivity contribution in [2.24, 2.45) is 0 Å². The molecular formula is C11H17ClN2O2. The van der Waals surface area contributed by atoms with E-state index >= 15 is 0 Å². The van der Waals surface area contributed by atoms with Gasteiger partial charge in [0.1, 0.15) is 0 Å². The van der Waals surface area contributed by atoms with Crippen molar-refractivity contribution in [1.82, 2.24) is 0 Å². The van der Waals surface area contributed by atoms with Gasteiger partial charge in [-0.15, -0.1) is 0 Å². The van der Waals surface area contributed by atoms with Crippen LogP contribution in [0.3, 0.4) is 0 Å². The third-order valence-corrected chi connectivity index (χ3v) is 2.62. The van der Waals surface area contributed by atoms with E-state index in [2.05, 4.69) is 5.32 Å². The number of nitrogens with one attached hydrogen (secondary N) is 1. The van der Waals surface area contributed by atoms with Gasteiger partial charge in [0.25, 0.3) is 0 Å². The summed E-state index contributed by atoms with van der Waals surface area (Å²) < 4.78 is 4.98. The second kappa shape index (κ2) is 5.94. The van der Waals surface area contributed by atoms with Crippen LogP contribution in [0.4, 0.5) is 11.4 Å². The van der Waals surface area contributed by atoms with Gasteiger partial charge in [0.2, 0.25) is 0 Å². The molecule has 0 heterocycles. The Morgan fingerprint density at radius 3 is 2.81 bits per heavy atom. The SMILES string of the molecule is COCC(CO)Nc1cc(Cl)c(N)cc1C. The molecular weight excluding hydrogens is 228 g/mol. The molecule has 0 radical (unpaired) electrons. The molecule has 1 unspecified atom stereocenters. The van der Waals surface area contributed by atoms with E-state index in [-0.39, 0.29) is 12.6 Å². The number of hydrogen-bond acceptors (Lipinski definition) is 4. The van der Waals surface area contributed by atoms with Crippen LogP contribution in [0.1, 0.15) is 5.56 Å². The fraction of sp³-hybridized carbons (Fsp3) is 0.455. The summed E-state index contributed by atoms with van der Waals surface area (Å²) in [5.74, 6) is 0. The number of aryl methyl sites for hydroxylation is 1. The summed E-state index contributed by atoms with van der Waals surface area (Å²) >= 11 is 5.93. The third kappa shape index (κ3) is 3.27. The zero-order valence-corrected chi connectivity index (χ0v) is 10.2. The average Bonchev–Trinajstić information content (AvgIpc) is 2.25. The second-order valence-corrected chi connectivity index (χ2v) is 4.08. The first-order chi connectivity index (χ1) is 7.58. The normalized spacial score (nSPS) is 12.5. The Hall–Kier alpha value is -0.970. The van der Waals surface area contributed by atoms with Gasteiger partial charge < -0.3 is 20.9 Å². The van der Waals surface area contributed by atoms with Crippen molar-refractivity contribution in [3.8, 4) is 0 Å². The van der Waals surface area contributed by atoms with Crippen LogP contribution in [-0.4, -0.2) is 31.5 Å². The molecule has 16 heavy (non-hydrogen) atoms. The molecule has 0 aromatic heterocycles. The number of rotatable bonds is 5. The van der Waals surface area contributed by atoms with Crippen LogP contribution in [-0.2, 0) is 4.74 Å². The Kier molecular flexibility index (Phi) is 4.86. The van der Waals surface area contributed by atoms with E-state index in [9.17, 15) is 0 Å². The van der Waals surface area contributed by atoms with Crippen molar-refractivity contribution in [1.29, 1.82) is 0 Å². The average molecular weight is 245 g/mol. The lowest BCUT2D eigenvalue weighted by atomic mass is 10.1. The van der Waals surface area contributed by atoms with E-state index in [1.807, 2.05) is 6.92 Å². The Bertz CT molecular complexity index is 358. The van der Waals surface area contributed by atoms with Gasteiger partial charge in [-0.2, -0.15) is 0 Å². The van der Waals surface area contributed by atoms with Gasteiger partial charge in [0, 0.05) is 12.8 Å². The van der Waals surface area contributed by atoms with Gasteiger partial charge in [-0.25, -0.2) is 0 Å². The lowest BCUT2D eigenvalue weighted by Crippen LogP contribution is -2.29. The number of anilines is 2. The number of methoxy groups -OCH3 is 1. The summed E-state index contributed by atoms with van der Waals surface area (Å²) in [4.78, 5) is 0. The molecule has 4 nitrogen and oxygen atoms in total. The summed E-state index contributed by atoms with van der Waals surface area (Å²) in [6.45, 7) is 2.35. The van der Waals surface area contributed by atoms with Crippen LogP contribution >= 0.6 is 11.6 Å². The summed E-state index contributed by atoms with van der Waals surface area (Å²) in [5, 5.41) is 12.8. The maximum atomic E-state index is 9.13. The smallest absolute Gasteiger partial charge is 0.0725 e. The Labute approximate surface area is 100 Å². The summed E-state index contributed by atoms with van der Waals surface area (Å²) in [5.41, 5.74) is 8.07. The number of aliphatic hydroxyl groups excluding tert-OH is 1. The monoisotopic (exact) mass is 244 g/mol. The van der Waals surface area contributed by atoms with E-state index in [0.717, 1.165) is 11.3 Å². The lowest BCUT2D eigenvalue weighted by Gasteiger charge is -2.18. The maximum Gasteiger partial charge on any atom is 0.0725 e. The molecule has 1 aromatic rings. The fourth-order valence-corrected chi connectivity index (χ4v) is 1.58. The van der Waals surface area contributed by atoms with Gasteiger partial charge in [-0.3, -0.25) is 0 Å². The van der Waals surface area contributed by atoms with E-state index in [1.54, 1.807) is 19.2 Å². The van der Waals surface area contributed by atoms with E-state index < -0.39 is 0 Å². The molecule has 1 rings (SSSR count). The topological polar surface area (TPSA) is 67.5 Å². The molecule has 5 heteroatoms. The van der Waals surface area contributed by atoms with E-state index in [0.29, 0.717) is 17.3 Å². The molecule has 4 N–H and O–H groups in total. The molecule has 0 aliphatic rings. The standard InChI is InChI=1S/C11H17ClN2O2/c1-7-3-10(13)9(12)4-11(7)14-8(5-15)6-16-2/h3-4,8,14-15H,5-6,13H2,1-2H3. The molecule has 0 aliphatic heterocycles. The van der Waals surface area contributed by atoms with Crippen LogP contribution in [0, 0.1) is 6.92 Å². The van der Waals surface area contributed by atoms with Crippen LogP contribution in [0.25, 0.3) is 0 Å². The largest absolute Gasteiger partial charge is 0.398 e. The molecule has 0 saturated carbocycles. The minimum absolute atomic E-state index is 0.00469. The lowest BCUT2D eigenvalue weighted by molar-refractivity contribution is 0.153. The molecule has 0 spiro atoms. The molecule has 0 saturated heterocycles. The van der Waals surface area contributed by atoms with Crippen LogP contribution in [0.15, 0.2) is 12.1 Å². The van der Waals surface area contributed by atoms with Gasteiger partial charge >= 0.3 is 0 Å². The quantitative estimate of drug-likeness (QED) is 0.689. The molecule has 0 bridgehead atoms. The van der Waals surface area contributed by atoms with Crippen molar-refractivity contribution in [2.45, 2.75) is 13.0 Å². The highest BCUT2D eigenvalue weighted by Crippen LogP contribution is 2.27. The Morgan fingerprint density at radius 2 is 2.25 bits per heavy atom. The van der Waals surface area contributed by atoms with Gasteiger partial charge in [0.15, 0.2) is 0 Å². The number of aliphatic hydroxyl groups is 1. The van der Waals surface area contributed by atoms with Crippen molar-refractivity contribution < 1.29 is 9.84 Å². The number of nitrogen functional groups attached to an aromatic ring is 1. The summed E-state index contributed by atoms with van der Waals surface area (Å²) in [6, 6.07) is 3.40. The van der Waals surface area contributed by atoms with E-state index in [4.69, 9.17) is 27.2 Å².